The van der Waals surface area contributed by atoms with Crippen molar-refractivity contribution in [3.63, 3.8) is 0 Å². The molecule has 1 N–H and O–H groups in total. The minimum atomic E-state index is -0.194. The number of anilines is 1. The maximum Gasteiger partial charge on any atom is 0.267 e. The van der Waals surface area contributed by atoms with E-state index in [2.05, 4.69) is 42.2 Å². The molecule has 0 aliphatic rings. The number of hydrogen-bond acceptors (Lipinski definition) is 4. The minimum Gasteiger partial charge on any atom is -0.495 e. The van der Waals surface area contributed by atoms with E-state index in [1.165, 1.54) is 17.5 Å². The van der Waals surface area contributed by atoms with E-state index in [-0.39, 0.29) is 5.91 Å². The van der Waals surface area contributed by atoms with Crippen LogP contribution in [0.25, 0.3) is 0 Å². The topological polar surface area (TPSA) is 51.2 Å². The van der Waals surface area contributed by atoms with Crippen molar-refractivity contribution in [3.05, 3.63) is 37.2 Å². The SMILES string of the molecule is COc1ccc(C)c(NC(=O)c2cnc(Br)s2)c1Br. The van der Waals surface area contributed by atoms with Crippen LogP contribution in [0.3, 0.4) is 0 Å². The number of benzene rings is 1. The van der Waals surface area contributed by atoms with Crippen molar-refractivity contribution in [1.82, 2.24) is 4.98 Å². The molecule has 0 saturated heterocycles. The number of nitrogens with zero attached hydrogens (tertiary/aromatic N) is 1. The Morgan fingerprint density at radius 3 is 2.74 bits per heavy atom. The van der Waals surface area contributed by atoms with Crippen LogP contribution in [-0.2, 0) is 0 Å². The van der Waals surface area contributed by atoms with Crippen molar-refractivity contribution >= 4 is 54.8 Å². The molecular weight excluding hydrogens is 396 g/mol. The van der Waals surface area contributed by atoms with Crippen LogP contribution in [0.1, 0.15) is 15.2 Å². The van der Waals surface area contributed by atoms with Gasteiger partial charge in [0, 0.05) is 0 Å². The number of nitrogens with one attached hydrogen (secondary N) is 1. The van der Waals surface area contributed by atoms with E-state index in [1.54, 1.807) is 7.11 Å². The number of methoxy groups -OCH3 is 1. The molecule has 0 fully saturated rings. The molecule has 19 heavy (non-hydrogen) atoms. The van der Waals surface area contributed by atoms with Gasteiger partial charge in [0.1, 0.15) is 10.6 Å². The van der Waals surface area contributed by atoms with Crippen molar-refractivity contribution in [2.24, 2.45) is 0 Å². The monoisotopic (exact) mass is 404 g/mol. The number of aromatic nitrogens is 1. The van der Waals surface area contributed by atoms with Crippen molar-refractivity contribution in [2.75, 3.05) is 12.4 Å². The summed E-state index contributed by atoms with van der Waals surface area (Å²) >= 11 is 7.96. The van der Waals surface area contributed by atoms with Gasteiger partial charge in [0.05, 0.1) is 23.5 Å². The molecule has 4 nitrogen and oxygen atoms in total. The van der Waals surface area contributed by atoms with Crippen LogP contribution < -0.4 is 10.1 Å². The average molecular weight is 406 g/mol. The van der Waals surface area contributed by atoms with Crippen LogP contribution in [0.15, 0.2) is 26.7 Å². The Hall–Kier alpha value is -0.920. The predicted molar refractivity (Wildman–Crippen MR) is 83.2 cm³/mol. The van der Waals surface area contributed by atoms with Crippen LogP contribution in [0.4, 0.5) is 5.69 Å². The molecule has 0 bridgehead atoms. The molecule has 0 atom stereocenters. The van der Waals surface area contributed by atoms with Crippen LogP contribution in [-0.4, -0.2) is 18.0 Å². The highest BCUT2D eigenvalue weighted by Crippen LogP contribution is 2.35. The maximum absolute atomic E-state index is 12.1. The van der Waals surface area contributed by atoms with E-state index in [0.717, 1.165) is 10.0 Å². The van der Waals surface area contributed by atoms with Crippen LogP contribution in [0.5, 0.6) is 5.75 Å². The Morgan fingerprint density at radius 1 is 1.42 bits per heavy atom. The van der Waals surface area contributed by atoms with E-state index in [9.17, 15) is 4.79 Å². The van der Waals surface area contributed by atoms with Gasteiger partial charge in [-0.1, -0.05) is 6.07 Å². The third-order valence-corrected chi connectivity index (χ3v) is 4.74. The van der Waals surface area contributed by atoms with Crippen LogP contribution in [0, 0.1) is 6.92 Å². The van der Waals surface area contributed by atoms with Crippen molar-refractivity contribution < 1.29 is 9.53 Å². The Morgan fingerprint density at radius 2 is 2.16 bits per heavy atom. The van der Waals surface area contributed by atoms with Gasteiger partial charge in [0.25, 0.3) is 5.91 Å². The number of amides is 1. The highest BCUT2D eigenvalue weighted by Gasteiger charge is 2.15. The molecule has 1 aromatic heterocycles. The summed E-state index contributed by atoms with van der Waals surface area (Å²) in [4.78, 5) is 16.6. The first-order valence-corrected chi connectivity index (χ1v) is 7.69. The predicted octanol–water partition coefficient (Wildman–Crippen LogP) is 4.24. The zero-order valence-corrected chi connectivity index (χ0v) is 14.1. The Bertz CT molecular complexity index is 628. The molecule has 1 heterocycles. The van der Waals surface area contributed by atoms with Gasteiger partial charge in [-0.05, 0) is 50.4 Å². The summed E-state index contributed by atoms with van der Waals surface area (Å²) in [7, 11) is 1.58. The number of ether oxygens (including phenoxy) is 1. The maximum atomic E-state index is 12.1. The molecule has 100 valence electrons. The second kappa shape index (κ2) is 6.02. The van der Waals surface area contributed by atoms with Gasteiger partial charge >= 0.3 is 0 Å². The number of halogens is 2. The zero-order chi connectivity index (χ0) is 14.0. The van der Waals surface area contributed by atoms with Crippen molar-refractivity contribution in [3.8, 4) is 5.75 Å². The van der Waals surface area contributed by atoms with Gasteiger partial charge < -0.3 is 10.1 Å². The molecule has 2 aromatic rings. The lowest BCUT2D eigenvalue weighted by molar-refractivity contribution is 0.103. The highest BCUT2D eigenvalue weighted by molar-refractivity contribution is 9.11. The van der Waals surface area contributed by atoms with Crippen LogP contribution in [0.2, 0.25) is 0 Å². The summed E-state index contributed by atoms with van der Waals surface area (Å²) in [5.74, 6) is 0.478. The summed E-state index contributed by atoms with van der Waals surface area (Å²) < 4.78 is 6.62. The standard InChI is InChI=1S/C12H10Br2N2O2S/c1-6-3-4-7(18-2)9(13)10(6)16-11(17)8-5-15-12(14)19-8/h3-5H,1-2H3,(H,16,17). The smallest absolute Gasteiger partial charge is 0.267 e. The zero-order valence-electron chi connectivity index (χ0n) is 10.2. The second-order valence-corrected chi connectivity index (χ2v) is 6.80. The summed E-state index contributed by atoms with van der Waals surface area (Å²) in [6.45, 7) is 1.92. The Labute approximate surface area is 131 Å². The molecule has 1 aromatic carbocycles. The van der Waals surface area contributed by atoms with Gasteiger partial charge in [-0.15, -0.1) is 11.3 Å². The van der Waals surface area contributed by atoms with E-state index >= 15 is 0 Å². The lowest BCUT2D eigenvalue weighted by Gasteiger charge is -2.12. The highest BCUT2D eigenvalue weighted by atomic mass is 79.9. The lowest BCUT2D eigenvalue weighted by Crippen LogP contribution is -2.12. The third kappa shape index (κ3) is 3.16. The summed E-state index contributed by atoms with van der Waals surface area (Å²) in [6, 6.07) is 3.74. The fourth-order valence-electron chi connectivity index (χ4n) is 1.50. The lowest BCUT2D eigenvalue weighted by atomic mass is 10.2. The molecule has 0 unspecified atom stereocenters. The second-order valence-electron chi connectivity index (χ2n) is 3.71. The number of carbonyl (C=O) groups is 1. The summed E-state index contributed by atoms with van der Waals surface area (Å²) in [5.41, 5.74) is 1.65. The Balaban J connectivity index is 2.31. The Kier molecular flexibility index (Phi) is 4.59. The van der Waals surface area contributed by atoms with Gasteiger partial charge in [-0.3, -0.25) is 4.79 Å². The van der Waals surface area contributed by atoms with Crippen LogP contribution >= 0.6 is 43.2 Å². The van der Waals surface area contributed by atoms with Gasteiger partial charge in [-0.25, -0.2) is 4.98 Å². The normalized spacial score (nSPS) is 10.3. The number of hydrogen-bond donors (Lipinski definition) is 1. The first-order chi connectivity index (χ1) is 9.02. The molecular formula is C12H10Br2N2O2S. The first kappa shape index (κ1) is 14.5. The van der Waals surface area contributed by atoms with Gasteiger partial charge in [0.2, 0.25) is 0 Å². The number of carbonyl (C=O) groups excluding carboxylic acids is 1. The third-order valence-electron chi connectivity index (χ3n) is 2.47. The largest absolute Gasteiger partial charge is 0.495 e. The number of aryl methyl sites for hydroxylation is 1. The van der Waals surface area contributed by atoms with Gasteiger partial charge in [-0.2, -0.15) is 0 Å². The van der Waals surface area contributed by atoms with E-state index in [4.69, 9.17) is 4.74 Å². The molecule has 0 saturated carbocycles. The summed E-state index contributed by atoms with van der Waals surface area (Å²) in [6.07, 6.45) is 1.54. The molecule has 7 heteroatoms. The van der Waals surface area contributed by atoms with E-state index < -0.39 is 0 Å². The van der Waals surface area contributed by atoms with E-state index in [1.807, 2.05) is 19.1 Å². The van der Waals surface area contributed by atoms with Crippen molar-refractivity contribution in [1.29, 1.82) is 0 Å². The molecule has 0 spiro atoms. The van der Waals surface area contributed by atoms with Crippen molar-refractivity contribution in [2.45, 2.75) is 6.92 Å². The fourth-order valence-corrected chi connectivity index (χ4v) is 3.36. The van der Waals surface area contributed by atoms with Gasteiger partial charge in [0.15, 0.2) is 3.92 Å². The molecule has 0 aliphatic carbocycles. The quantitative estimate of drug-likeness (QED) is 0.830. The minimum absolute atomic E-state index is 0.194. The molecule has 2 rings (SSSR count). The number of thiazole rings is 1. The fraction of sp³-hybridized carbons (Fsp3) is 0.167. The first-order valence-electron chi connectivity index (χ1n) is 5.28. The molecule has 0 aliphatic heterocycles. The number of rotatable bonds is 3. The molecule has 0 radical (unpaired) electrons. The average Bonchev–Trinajstić information content (AvgIpc) is 2.81. The molecule has 1 amide bonds. The van der Waals surface area contributed by atoms with E-state index in [0.29, 0.717) is 20.2 Å². The summed E-state index contributed by atoms with van der Waals surface area (Å²) in [5, 5.41) is 2.87.